The molecule has 0 radical (unpaired) electrons. The Balaban J connectivity index is 1.90. The third-order valence-electron chi connectivity index (χ3n) is 3.84. The maximum Gasteiger partial charge on any atom is 0.329 e. The zero-order valence-corrected chi connectivity index (χ0v) is 12.5. The van der Waals surface area contributed by atoms with Crippen LogP contribution in [0.15, 0.2) is 11.4 Å². The Morgan fingerprint density at radius 1 is 1.50 bits per heavy atom. The molecular formula is C14H20N2O3S. The van der Waals surface area contributed by atoms with Crippen LogP contribution in [0.3, 0.4) is 0 Å². The summed E-state index contributed by atoms with van der Waals surface area (Å²) in [6.45, 7) is 4.09. The summed E-state index contributed by atoms with van der Waals surface area (Å²) < 4.78 is 0. The van der Waals surface area contributed by atoms with Crippen molar-refractivity contribution in [1.82, 2.24) is 10.6 Å². The molecule has 1 unspecified atom stereocenters. The van der Waals surface area contributed by atoms with Gasteiger partial charge in [0, 0.05) is 4.88 Å². The molecule has 1 aliphatic carbocycles. The summed E-state index contributed by atoms with van der Waals surface area (Å²) in [4.78, 5) is 24.4. The summed E-state index contributed by atoms with van der Waals surface area (Å²) >= 11 is 1.60. The van der Waals surface area contributed by atoms with Gasteiger partial charge in [0.1, 0.15) is 5.54 Å². The second kappa shape index (κ2) is 5.83. The predicted molar refractivity (Wildman–Crippen MR) is 77.8 cm³/mol. The number of urea groups is 1. The van der Waals surface area contributed by atoms with Crippen LogP contribution in [0.1, 0.15) is 37.1 Å². The average Bonchev–Trinajstić information content (AvgIpc) is 3.16. The fourth-order valence-corrected chi connectivity index (χ4v) is 3.18. The number of carboxylic acids is 1. The molecule has 1 fully saturated rings. The molecule has 0 bridgehead atoms. The van der Waals surface area contributed by atoms with Gasteiger partial charge in [-0.05, 0) is 49.1 Å². The SMILES string of the molecule is CCc1ccsc1CNC(=O)NC(C)(C(=O)O)C1CC1. The van der Waals surface area contributed by atoms with E-state index in [1.165, 1.54) is 5.56 Å². The van der Waals surface area contributed by atoms with Gasteiger partial charge in [-0.25, -0.2) is 9.59 Å². The van der Waals surface area contributed by atoms with E-state index in [4.69, 9.17) is 0 Å². The number of rotatable bonds is 6. The van der Waals surface area contributed by atoms with E-state index in [1.807, 2.05) is 11.4 Å². The molecule has 1 saturated carbocycles. The van der Waals surface area contributed by atoms with Gasteiger partial charge >= 0.3 is 12.0 Å². The Kier molecular flexibility index (Phi) is 4.32. The van der Waals surface area contributed by atoms with Crippen LogP contribution in [0.5, 0.6) is 0 Å². The van der Waals surface area contributed by atoms with E-state index < -0.39 is 17.5 Å². The summed E-state index contributed by atoms with van der Waals surface area (Å²) in [5.41, 5.74) is 0.0612. The van der Waals surface area contributed by atoms with Gasteiger partial charge in [-0.1, -0.05) is 6.92 Å². The van der Waals surface area contributed by atoms with E-state index in [1.54, 1.807) is 18.3 Å². The monoisotopic (exact) mass is 296 g/mol. The number of aryl methyl sites for hydroxylation is 1. The van der Waals surface area contributed by atoms with Crippen molar-refractivity contribution in [2.24, 2.45) is 5.92 Å². The van der Waals surface area contributed by atoms with E-state index in [0.29, 0.717) is 6.54 Å². The fraction of sp³-hybridized carbons (Fsp3) is 0.571. The number of carbonyl (C=O) groups is 2. The third kappa shape index (κ3) is 3.12. The molecule has 6 heteroatoms. The highest BCUT2D eigenvalue weighted by molar-refractivity contribution is 7.10. The number of carbonyl (C=O) groups excluding carboxylic acids is 1. The van der Waals surface area contributed by atoms with Gasteiger partial charge in [0.25, 0.3) is 0 Å². The first kappa shape index (κ1) is 14.8. The van der Waals surface area contributed by atoms with Gasteiger partial charge in [0.2, 0.25) is 0 Å². The number of carboxylic acid groups (broad SMARTS) is 1. The Hall–Kier alpha value is -1.56. The molecular weight excluding hydrogens is 276 g/mol. The van der Waals surface area contributed by atoms with Gasteiger partial charge in [0.15, 0.2) is 0 Å². The zero-order valence-electron chi connectivity index (χ0n) is 11.7. The summed E-state index contributed by atoms with van der Waals surface area (Å²) in [7, 11) is 0. The minimum absolute atomic E-state index is 0.0405. The molecule has 1 aliphatic rings. The van der Waals surface area contributed by atoms with Gasteiger partial charge < -0.3 is 15.7 Å². The summed E-state index contributed by atoms with van der Waals surface area (Å²) in [5, 5.41) is 16.6. The molecule has 0 aliphatic heterocycles. The molecule has 110 valence electrons. The van der Waals surface area contributed by atoms with Crippen molar-refractivity contribution in [2.45, 2.75) is 45.2 Å². The van der Waals surface area contributed by atoms with Gasteiger partial charge in [-0.15, -0.1) is 11.3 Å². The van der Waals surface area contributed by atoms with Crippen LogP contribution in [0.2, 0.25) is 0 Å². The van der Waals surface area contributed by atoms with Crippen LogP contribution in [0.4, 0.5) is 4.79 Å². The normalized spacial score (nSPS) is 17.3. The highest BCUT2D eigenvalue weighted by Crippen LogP contribution is 2.39. The van der Waals surface area contributed by atoms with Crippen LogP contribution in [-0.4, -0.2) is 22.6 Å². The molecule has 3 N–H and O–H groups in total. The molecule has 1 aromatic heterocycles. The quantitative estimate of drug-likeness (QED) is 0.754. The molecule has 1 atom stereocenters. The first-order valence-corrected chi connectivity index (χ1v) is 7.70. The zero-order chi connectivity index (χ0) is 14.8. The number of nitrogens with one attached hydrogen (secondary N) is 2. The van der Waals surface area contributed by atoms with E-state index in [-0.39, 0.29) is 5.92 Å². The van der Waals surface area contributed by atoms with E-state index >= 15 is 0 Å². The van der Waals surface area contributed by atoms with E-state index in [0.717, 1.165) is 24.1 Å². The lowest BCUT2D eigenvalue weighted by Gasteiger charge is -2.26. The maximum absolute atomic E-state index is 11.9. The van der Waals surface area contributed by atoms with E-state index in [9.17, 15) is 14.7 Å². The molecule has 20 heavy (non-hydrogen) atoms. The number of hydrogen-bond acceptors (Lipinski definition) is 3. The molecule has 0 aromatic carbocycles. The Bertz CT molecular complexity index is 510. The molecule has 0 saturated heterocycles. The summed E-state index contributed by atoms with van der Waals surface area (Å²) in [6, 6.07) is 1.63. The second-order valence-electron chi connectivity index (χ2n) is 5.31. The van der Waals surface area contributed by atoms with Crippen LogP contribution < -0.4 is 10.6 Å². The Morgan fingerprint density at radius 3 is 2.75 bits per heavy atom. The van der Waals surface area contributed by atoms with Crippen LogP contribution in [0.25, 0.3) is 0 Å². The second-order valence-corrected chi connectivity index (χ2v) is 6.31. The van der Waals surface area contributed by atoms with Gasteiger partial charge in [0.05, 0.1) is 6.54 Å². The number of amides is 2. The fourth-order valence-electron chi connectivity index (χ4n) is 2.27. The number of thiophene rings is 1. The molecule has 5 nitrogen and oxygen atoms in total. The van der Waals surface area contributed by atoms with Crippen molar-refractivity contribution in [3.8, 4) is 0 Å². The standard InChI is InChI=1S/C14H20N2O3S/c1-3-9-6-7-20-11(9)8-15-13(19)16-14(2,12(17)18)10-4-5-10/h6-7,10H,3-5,8H2,1-2H3,(H,17,18)(H2,15,16,19). The molecule has 1 heterocycles. The average molecular weight is 296 g/mol. The van der Waals surface area contributed by atoms with Crippen molar-refractivity contribution in [3.63, 3.8) is 0 Å². The Labute approximate surface area is 122 Å². The summed E-state index contributed by atoms with van der Waals surface area (Å²) in [6.07, 6.45) is 2.64. The largest absolute Gasteiger partial charge is 0.480 e. The highest BCUT2D eigenvalue weighted by Gasteiger charge is 2.48. The van der Waals surface area contributed by atoms with Crippen LogP contribution >= 0.6 is 11.3 Å². The number of aliphatic carboxylic acids is 1. The predicted octanol–water partition coefficient (Wildman–Crippen LogP) is 2.36. The van der Waals surface area contributed by atoms with Crippen molar-refractivity contribution < 1.29 is 14.7 Å². The van der Waals surface area contributed by atoms with E-state index in [2.05, 4.69) is 17.6 Å². The number of hydrogen-bond donors (Lipinski definition) is 3. The van der Waals surface area contributed by atoms with Crippen LogP contribution in [0, 0.1) is 5.92 Å². The first-order chi connectivity index (χ1) is 9.47. The lowest BCUT2D eigenvalue weighted by atomic mass is 9.96. The summed E-state index contributed by atoms with van der Waals surface area (Å²) in [5.74, 6) is -0.931. The lowest BCUT2D eigenvalue weighted by Crippen LogP contribution is -2.56. The smallest absolute Gasteiger partial charge is 0.329 e. The highest BCUT2D eigenvalue weighted by atomic mass is 32.1. The molecule has 2 rings (SSSR count). The Morgan fingerprint density at radius 2 is 2.20 bits per heavy atom. The topological polar surface area (TPSA) is 78.4 Å². The molecule has 0 spiro atoms. The van der Waals surface area contributed by atoms with Crippen molar-refractivity contribution in [3.05, 3.63) is 21.9 Å². The van der Waals surface area contributed by atoms with Crippen molar-refractivity contribution >= 4 is 23.3 Å². The first-order valence-electron chi connectivity index (χ1n) is 6.82. The molecule has 1 aromatic rings. The van der Waals surface area contributed by atoms with Crippen molar-refractivity contribution in [2.75, 3.05) is 0 Å². The molecule has 2 amide bonds. The third-order valence-corrected chi connectivity index (χ3v) is 4.80. The maximum atomic E-state index is 11.9. The van der Waals surface area contributed by atoms with Gasteiger partial charge in [-0.3, -0.25) is 0 Å². The van der Waals surface area contributed by atoms with Crippen LogP contribution in [-0.2, 0) is 17.8 Å². The minimum Gasteiger partial charge on any atom is -0.480 e. The minimum atomic E-state index is -1.16. The van der Waals surface area contributed by atoms with Crippen molar-refractivity contribution in [1.29, 1.82) is 0 Å². The lowest BCUT2D eigenvalue weighted by molar-refractivity contribution is -0.144. The van der Waals surface area contributed by atoms with Gasteiger partial charge in [-0.2, -0.15) is 0 Å².